The highest BCUT2D eigenvalue weighted by Gasteiger charge is 2.40. The molecule has 3 aliphatic carbocycles. The summed E-state index contributed by atoms with van der Waals surface area (Å²) in [5.74, 6) is 2.29. The molecule has 0 aromatic heterocycles. The Morgan fingerprint density at radius 1 is 0.900 bits per heavy atom. The molecule has 3 rings (SSSR count). The number of hydrogen-bond donors (Lipinski definition) is 2. The number of hydrazine groups is 1. The van der Waals surface area contributed by atoms with Crippen LogP contribution in [0.25, 0.3) is 0 Å². The Labute approximate surface area is 121 Å². The van der Waals surface area contributed by atoms with Crippen LogP contribution in [0.5, 0.6) is 0 Å². The molecule has 2 bridgehead atoms. The van der Waals surface area contributed by atoms with Crippen molar-refractivity contribution in [2.24, 2.45) is 23.7 Å². The van der Waals surface area contributed by atoms with Crippen LogP contribution in [-0.4, -0.2) is 11.8 Å². The molecule has 0 spiro atoms. The van der Waals surface area contributed by atoms with Crippen LogP contribution in [0.4, 0.5) is 0 Å². The van der Waals surface area contributed by atoms with Gasteiger partial charge in [-0.25, -0.2) is 0 Å². The topological polar surface area (TPSA) is 58.2 Å². The minimum atomic E-state index is -0.00768. The first-order valence-electron chi connectivity index (χ1n) is 8.31. The molecular weight excluding hydrogens is 252 g/mol. The monoisotopic (exact) mass is 278 g/mol. The van der Waals surface area contributed by atoms with E-state index in [1.807, 2.05) is 0 Å². The van der Waals surface area contributed by atoms with Gasteiger partial charge in [-0.15, -0.1) is 0 Å². The van der Waals surface area contributed by atoms with E-state index in [0.29, 0.717) is 12.3 Å². The molecule has 0 aliphatic heterocycles. The van der Waals surface area contributed by atoms with Gasteiger partial charge in [0, 0.05) is 12.3 Å². The van der Waals surface area contributed by atoms with Gasteiger partial charge in [0.25, 0.3) is 0 Å². The largest absolute Gasteiger partial charge is 0.273 e. The van der Waals surface area contributed by atoms with Crippen LogP contribution < -0.4 is 10.9 Å². The van der Waals surface area contributed by atoms with Crippen molar-refractivity contribution in [3.05, 3.63) is 0 Å². The summed E-state index contributed by atoms with van der Waals surface area (Å²) in [6.07, 6.45) is 11.2. The quantitative estimate of drug-likeness (QED) is 0.779. The molecular formula is C16H26N2O2. The van der Waals surface area contributed by atoms with Gasteiger partial charge in [-0.05, 0) is 49.9 Å². The third-order valence-corrected chi connectivity index (χ3v) is 5.63. The lowest BCUT2D eigenvalue weighted by atomic mass is 9.86. The van der Waals surface area contributed by atoms with Crippen molar-refractivity contribution in [2.75, 3.05) is 0 Å². The average Bonchev–Trinajstić information content (AvgIpc) is 3.08. The van der Waals surface area contributed by atoms with E-state index in [0.717, 1.165) is 37.5 Å². The third kappa shape index (κ3) is 3.15. The van der Waals surface area contributed by atoms with E-state index in [1.54, 1.807) is 0 Å². The first-order valence-corrected chi connectivity index (χ1v) is 8.31. The highest BCUT2D eigenvalue weighted by Crippen LogP contribution is 2.49. The normalized spacial score (nSPS) is 33.1. The SMILES string of the molecule is O=C(C[C@H]1C[C@H]2CC[C@@H]1C2)NNC(=O)C1CCCCC1. The van der Waals surface area contributed by atoms with E-state index in [9.17, 15) is 9.59 Å². The molecule has 4 nitrogen and oxygen atoms in total. The minimum absolute atomic E-state index is 0.00555. The van der Waals surface area contributed by atoms with Crippen molar-refractivity contribution < 1.29 is 9.59 Å². The maximum atomic E-state index is 11.9. The summed E-state index contributed by atoms with van der Waals surface area (Å²) in [6.45, 7) is 0. The number of rotatable bonds is 3. The molecule has 2 amide bonds. The number of hydrogen-bond acceptors (Lipinski definition) is 2. The summed E-state index contributed by atoms with van der Waals surface area (Å²) in [6, 6.07) is 0. The number of nitrogens with one attached hydrogen (secondary N) is 2. The number of fused-ring (bicyclic) bond motifs is 2. The fraction of sp³-hybridized carbons (Fsp3) is 0.875. The zero-order valence-corrected chi connectivity index (χ0v) is 12.2. The van der Waals surface area contributed by atoms with Crippen LogP contribution in [0.2, 0.25) is 0 Å². The summed E-state index contributed by atoms with van der Waals surface area (Å²) in [5, 5.41) is 0. The molecule has 3 saturated carbocycles. The van der Waals surface area contributed by atoms with Crippen LogP contribution in [0, 0.1) is 23.7 Å². The zero-order chi connectivity index (χ0) is 13.9. The summed E-state index contributed by atoms with van der Waals surface area (Å²) in [7, 11) is 0. The second-order valence-electron chi connectivity index (χ2n) is 7.01. The van der Waals surface area contributed by atoms with Crippen LogP contribution in [-0.2, 0) is 9.59 Å². The van der Waals surface area contributed by atoms with Gasteiger partial charge in [0.2, 0.25) is 11.8 Å². The van der Waals surface area contributed by atoms with E-state index in [2.05, 4.69) is 10.9 Å². The Morgan fingerprint density at radius 3 is 2.35 bits per heavy atom. The molecule has 0 heterocycles. The molecule has 20 heavy (non-hydrogen) atoms. The second-order valence-corrected chi connectivity index (χ2v) is 7.01. The molecule has 0 radical (unpaired) electrons. The Bertz CT molecular complexity index is 377. The van der Waals surface area contributed by atoms with Crippen molar-refractivity contribution >= 4 is 11.8 Å². The van der Waals surface area contributed by atoms with Gasteiger partial charge in [-0.1, -0.05) is 25.7 Å². The fourth-order valence-electron chi connectivity index (χ4n) is 4.51. The number of carbonyl (C=O) groups is 2. The summed E-state index contributed by atoms with van der Waals surface area (Å²) < 4.78 is 0. The highest BCUT2D eigenvalue weighted by atomic mass is 16.2. The van der Waals surface area contributed by atoms with Crippen molar-refractivity contribution in [3.8, 4) is 0 Å². The van der Waals surface area contributed by atoms with E-state index in [1.165, 1.54) is 32.1 Å². The standard InChI is InChI=1S/C16H26N2O2/c19-15(10-14-9-11-6-7-13(14)8-11)17-18-16(20)12-4-2-1-3-5-12/h11-14H,1-10H2,(H,17,19)(H,18,20)/t11-,13+,14+/m0/s1. The predicted molar refractivity (Wildman–Crippen MR) is 76.4 cm³/mol. The molecule has 0 unspecified atom stereocenters. The average molecular weight is 278 g/mol. The van der Waals surface area contributed by atoms with E-state index >= 15 is 0 Å². The first-order chi connectivity index (χ1) is 9.72. The molecule has 3 fully saturated rings. The number of amides is 2. The molecule has 112 valence electrons. The van der Waals surface area contributed by atoms with E-state index in [-0.39, 0.29) is 17.7 Å². The Morgan fingerprint density at radius 2 is 1.70 bits per heavy atom. The van der Waals surface area contributed by atoms with Crippen LogP contribution >= 0.6 is 0 Å². The van der Waals surface area contributed by atoms with Gasteiger partial charge < -0.3 is 0 Å². The van der Waals surface area contributed by atoms with Crippen molar-refractivity contribution in [2.45, 2.75) is 64.2 Å². The van der Waals surface area contributed by atoms with Crippen LogP contribution in [0.1, 0.15) is 64.2 Å². The molecule has 0 aromatic carbocycles. The molecule has 3 aliphatic rings. The number of carbonyl (C=O) groups excluding carboxylic acids is 2. The second kappa shape index (κ2) is 6.15. The van der Waals surface area contributed by atoms with Gasteiger partial charge >= 0.3 is 0 Å². The zero-order valence-electron chi connectivity index (χ0n) is 12.2. The first kappa shape index (κ1) is 13.9. The third-order valence-electron chi connectivity index (χ3n) is 5.63. The molecule has 0 aromatic rings. The van der Waals surface area contributed by atoms with Gasteiger partial charge in [0.1, 0.15) is 0 Å². The molecule has 4 heteroatoms. The van der Waals surface area contributed by atoms with Gasteiger partial charge in [0.15, 0.2) is 0 Å². The lowest BCUT2D eigenvalue weighted by Crippen LogP contribution is -2.45. The Hall–Kier alpha value is -1.06. The minimum Gasteiger partial charge on any atom is -0.273 e. The van der Waals surface area contributed by atoms with Gasteiger partial charge in [-0.3, -0.25) is 20.4 Å². The lowest BCUT2D eigenvalue weighted by Gasteiger charge is -2.23. The van der Waals surface area contributed by atoms with Crippen LogP contribution in [0.15, 0.2) is 0 Å². The highest BCUT2D eigenvalue weighted by molar-refractivity contribution is 5.83. The summed E-state index contributed by atoms with van der Waals surface area (Å²) >= 11 is 0. The maximum Gasteiger partial charge on any atom is 0.241 e. The van der Waals surface area contributed by atoms with Crippen molar-refractivity contribution in [1.29, 1.82) is 0 Å². The van der Waals surface area contributed by atoms with Gasteiger partial charge in [0.05, 0.1) is 0 Å². The Balaban J connectivity index is 1.37. The van der Waals surface area contributed by atoms with Gasteiger partial charge in [-0.2, -0.15) is 0 Å². The van der Waals surface area contributed by atoms with E-state index < -0.39 is 0 Å². The molecule has 3 atom stereocenters. The van der Waals surface area contributed by atoms with Crippen molar-refractivity contribution in [3.63, 3.8) is 0 Å². The maximum absolute atomic E-state index is 11.9. The smallest absolute Gasteiger partial charge is 0.241 e. The fourth-order valence-corrected chi connectivity index (χ4v) is 4.51. The van der Waals surface area contributed by atoms with Crippen LogP contribution in [0.3, 0.4) is 0 Å². The molecule has 0 saturated heterocycles. The predicted octanol–water partition coefficient (Wildman–Crippen LogP) is 2.54. The summed E-state index contributed by atoms with van der Waals surface area (Å²) in [5.41, 5.74) is 5.26. The van der Waals surface area contributed by atoms with Crippen molar-refractivity contribution in [1.82, 2.24) is 10.9 Å². The molecule has 2 N–H and O–H groups in total. The van der Waals surface area contributed by atoms with E-state index in [4.69, 9.17) is 0 Å². The summed E-state index contributed by atoms with van der Waals surface area (Å²) in [4.78, 5) is 23.9. The lowest BCUT2D eigenvalue weighted by molar-refractivity contribution is -0.132. The Kier molecular flexibility index (Phi) is 4.27.